The quantitative estimate of drug-likeness (QED) is 0.671. The lowest BCUT2D eigenvalue weighted by atomic mass is 10.2. The van der Waals surface area contributed by atoms with Crippen LogP contribution in [0, 0.1) is 0 Å². The highest BCUT2D eigenvalue weighted by atomic mass is 32.2. The minimum Gasteiger partial charge on any atom is -0.379 e. The lowest BCUT2D eigenvalue weighted by Gasteiger charge is -2.26. The number of rotatable bonds is 8. The SMILES string of the molecule is O=C(CSc1nnc(C2CC2)n1C1CC1)Nc1ccc(CN2CCOCC2)cc1. The van der Waals surface area contributed by atoms with Crippen LogP contribution in [0.4, 0.5) is 5.69 Å². The van der Waals surface area contributed by atoms with Crippen molar-refractivity contribution >= 4 is 23.4 Å². The molecule has 8 heteroatoms. The number of ether oxygens (including phenoxy) is 1. The molecule has 154 valence electrons. The van der Waals surface area contributed by atoms with Gasteiger partial charge in [-0.05, 0) is 43.4 Å². The molecule has 0 unspecified atom stereocenters. The first-order chi connectivity index (χ1) is 14.3. The minimum absolute atomic E-state index is 0.00533. The van der Waals surface area contributed by atoms with Gasteiger partial charge in [-0.2, -0.15) is 0 Å². The van der Waals surface area contributed by atoms with Gasteiger partial charge >= 0.3 is 0 Å². The van der Waals surface area contributed by atoms with Crippen LogP contribution in [0.3, 0.4) is 0 Å². The van der Waals surface area contributed by atoms with Crippen LogP contribution in [-0.2, 0) is 16.1 Å². The topological polar surface area (TPSA) is 72.3 Å². The third kappa shape index (κ3) is 4.82. The third-order valence-corrected chi connectivity index (χ3v) is 6.57. The van der Waals surface area contributed by atoms with E-state index in [9.17, 15) is 4.79 Å². The average Bonchev–Trinajstić information content (AvgIpc) is 3.67. The van der Waals surface area contributed by atoms with Crippen molar-refractivity contribution in [1.82, 2.24) is 19.7 Å². The fourth-order valence-corrected chi connectivity index (χ4v) is 4.53. The number of benzene rings is 1. The highest BCUT2D eigenvalue weighted by molar-refractivity contribution is 7.99. The van der Waals surface area contributed by atoms with E-state index >= 15 is 0 Å². The summed E-state index contributed by atoms with van der Waals surface area (Å²) in [6.45, 7) is 4.49. The first-order valence-corrected chi connectivity index (χ1v) is 11.5. The van der Waals surface area contributed by atoms with Gasteiger partial charge in [0, 0.05) is 37.3 Å². The Labute approximate surface area is 175 Å². The van der Waals surface area contributed by atoms with Gasteiger partial charge < -0.3 is 14.6 Å². The van der Waals surface area contributed by atoms with Crippen LogP contribution in [0.1, 0.15) is 49.0 Å². The van der Waals surface area contributed by atoms with E-state index in [2.05, 4.69) is 37.1 Å². The molecule has 5 rings (SSSR count). The molecule has 0 atom stereocenters. The highest BCUT2D eigenvalue weighted by Gasteiger charge is 2.36. The number of nitrogens with zero attached hydrogens (tertiary/aromatic N) is 4. The fraction of sp³-hybridized carbons (Fsp3) is 0.571. The largest absolute Gasteiger partial charge is 0.379 e. The monoisotopic (exact) mass is 413 g/mol. The Morgan fingerprint density at radius 3 is 2.55 bits per heavy atom. The highest BCUT2D eigenvalue weighted by Crippen LogP contribution is 2.45. The van der Waals surface area contributed by atoms with Gasteiger partial charge in [0.1, 0.15) is 5.82 Å². The minimum atomic E-state index is -0.00533. The molecule has 0 spiro atoms. The van der Waals surface area contributed by atoms with Crippen molar-refractivity contribution in [3.63, 3.8) is 0 Å². The predicted molar refractivity (Wildman–Crippen MR) is 112 cm³/mol. The van der Waals surface area contributed by atoms with Gasteiger partial charge in [0.2, 0.25) is 5.91 Å². The Kier molecular flexibility index (Phi) is 5.56. The average molecular weight is 414 g/mol. The lowest BCUT2D eigenvalue weighted by molar-refractivity contribution is -0.113. The van der Waals surface area contributed by atoms with Crippen molar-refractivity contribution in [3.8, 4) is 0 Å². The molecular formula is C21H27N5O2S. The zero-order valence-corrected chi connectivity index (χ0v) is 17.4. The smallest absolute Gasteiger partial charge is 0.234 e. The molecule has 29 heavy (non-hydrogen) atoms. The standard InChI is InChI=1S/C21H27N5O2S/c27-19(14-29-21-24-23-20(16-3-4-16)26(21)18-7-8-18)22-17-5-1-15(2-6-17)13-25-9-11-28-12-10-25/h1-2,5-6,16,18H,3-4,7-14H2,(H,22,27). The molecule has 1 N–H and O–H groups in total. The maximum atomic E-state index is 12.4. The molecule has 2 saturated carbocycles. The van der Waals surface area contributed by atoms with E-state index in [-0.39, 0.29) is 5.91 Å². The molecule has 0 bridgehead atoms. The number of morpholine rings is 1. The second-order valence-corrected chi connectivity index (χ2v) is 9.08. The lowest BCUT2D eigenvalue weighted by Crippen LogP contribution is -2.35. The summed E-state index contributed by atoms with van der Waals surface area (Å²) < 4.78 is 7.68. The Balaban J connectivity index is 1.13. The van der Waals surface area contributed by atoms with Crippen LogP contribution in [0.15, 0.2) is 29.4 Å². The summed E-state index contributed by atoms with van der Waals surface area (Å²) in [5, 5.41) is 12.7. The Bertz CT molecular complexity index is 854. The van der Waals surface area contributed by atoms with Crippen molar-refractivity contribution in [2.45, 2.75) is 49.3 Å². The van der Waals surface area contributed by atoms with Crippen molar-refractivity contribution in [2.75, 3.05) is 37.4 Å². The van der Waals surface area contributed by atoms with Crippen LogP contribution in [0.25, 0.3) is 0 Å². The number of hydrogen-bond donors (Lipinski definition) is 1. The molecule has 7 nitrogen and oxygen atoms in total. The summed E-state index contributed by atoms with van der Waals surface area (Å²) in [6, 6.07) is 8.69. The maximum absolute atomic E-state index is 12.4. The number of carbonyl (C=O) groups excluding carboxylic acids is 1. The van der Waals surface area contributed by atoms with E-state index in [1.807, 2.05) is 12.1 Å². The number of thioether (sulfide) groups is 1. The Morgan fingerprint density at radius 2 is 1.86 bits per heavy atom. The number of anilines is 1. The fourth-order valence-electron chi connectivity index (χ4n) is 3.72. The van der Waals surface area contributed by atoms with E-state index in [1.165, 1.54) is 43.0 Å². The molecule has 2 aliphatic carbocycles. The van der Waals surface area contributed by atoms with Gasteiger partial charge in [0.15, 0.2) is 5.16 Å². The number of hydrogen-bond acceptors (Lipinski definition) is 6. The molecule has 2 heterocycles. The summed E-state index contributed by atoms with van der Waals surface area (Å²) in [7, 11) is 0. The van der Waals surface area contributed by atoms with Gasteiger partial charge in [0.25, 0.3) is 0 Å². The van der Waals surface area contributed by atoms with Gasteiger partial charge in [-0.15, -0.1) is 10.2 Å². The summed E-state index contributed by atoms with van der Waals surface area (Å²) in [5.41, 5.74) is 2.09. The predicted octanol–water partition coefficient (Wildman–Crippen LogP) is 3.05. The third-order valence-electron chi connectivity index (χ3n) is 5.63. The maximum Gasteiger partial charge on any atom is 0.234 e. The van der Waals surface area contributed by atoms with Crippen LogP contribution >= 0.6 is 11.8 Å². The first-order valence-electron chi connectivity index (χ1n) is 10.5. The summed E-state index contributed by atoms with van der Waals surface area (Å²) in [6.07, 6.45) is 4.84. The second-order valence-electron chi connectivity index (χ2n) is 8.14. The summed E-state index contributed by atoms with van der Waals surface area (Å²) in [4.78, 5) is 14.8. The van der Waals surface area contributed by atoms with E-state index in [0.29, 0.717) is 17.7 Å². The van der Waals surface area contributed by atoms with Gasteiger partial charge in [-0.3, -0.25) is 9.69 Å². The summed E-state index contributed by atoms with van der Waals surface area (Å²) >= 11 is 1.49. The Hall–Kier alpha value is -1.90. The van der Waals surface area contributed by atoms with Gasteiger partial charge in [0.05, 0.1) is 19.0 Å². The number of carbonyl (C=O) groups is 1. The first kappa shape index (κ1) is 19.1. The molecule has 1 amide bonds. The molecule has 3 aliphatic rings. The van der Waals surface area contributed by atoms with E-state index in [0.717, 1.165) is 49.5 Å². The van der Waals surface area contributed by atoms with Crippen LogP contribution in [0.5, 0.6) is 0 Å². The zero-order valence-electron chi connectivity index (χ0n) is 16.5. The van der Waals surface area contributed by atoms with E-state index in [4.69, 9.17) is 4.74 Å². The van der Waals surface area contributed by atoms with Crippen LogP contribution in [-0.4, -0.2) is 57.6 Å². The Morgan fingerprint density at radius 1 is 1.10 bits per heavy atom. The van der Waals surface area contributed by atoms with Crippen molar-refractivity contribution in [3.05, 3.63) is 35.7 Å². The van der Waals surface area contributed by atoms with Crippen molar-refractivity contribution in [2.24, 2.45) is 0 Å². The van der Waals surface area contributed by atoms with Crippen molar-refractivity contribution < 1.29 is 9.53 Å². The molecule has 3 fully saturated rings. The number of amides is 1. The molecule has 1 saturated heterocycles. The van der Waals surface area contributed by atoms with Gasteiger partial charge in [-0.25, -0.2) is 0 Å². The molecule has 1 aromatic heterocycles. The summed E-state index contributed by atoms with van der Waals surface area (Å²) in [5.74, 6) is 2.06. The van der Waals surface area contributed by atoms with Crippen LogP contribution < -0.4 is 5.32 Å². The molecule has 0 radical (unpaired) electrons. The van der Waals surface area contributed by atoms with E-state index < -0.39 is 0 Å². The van der Waals surface area contributed by atoms with Crippen LogP contribution in [0.2, 0.25) is 0 Å². The molecule has 1 aromatic carbocycles. The van der Waals surface area contributed by atoms with E-state index in [1.54, 1.807) is 0 Å². The zero-order chi connectivity index (χ0) is 19.6. The molecule has 1 aliphatic heterocycles. The molecule has 2 aromatic rings. The van der Waals surface area contributed by atoms with Gasteiger partial charge in [-0.1, -0.05) is 23.9 Å². The second kappa shape index (κ2) is 8.45. The molecular weight excluding hydrogens is 386 g/mol. The van der Waals surface area contributed by atoms with Crippen molar-refractivity contribution in [1.29, 1.82) is 0 Å². The normalized spacial score (nSPS) is 20.0. The number of aromatic nitrogens is 3. The number of nitrogens with one attached hydrogen (secondary N) is 1.